The van der Waals surface area contributed by atoms with E-state index in [1.807, 2.05) is 0 Å². The van der Waals surface area contributed by atoms with Crippen LogP contribution in [0.2, 0.25) is 0 Å². The highest BCUT2D eigenvalue weighted by atomic mass is 15.1. The van der Waals surface area contributed by atoms with Crippen LogP contribution in [0.15, 0.2) is 0 Å². The fraction of sp³-hybridized carbons (Fsp3) is 1.00. The monoisotopic (exact) mass is 185 g/mol. The molecule has 0 bridgehead atoms. The second-order valence-corrected chi connectivity index (χ2v) is 5.28. The van der Waals surface area contributed by atoms with Crippen molar-refractivity contribution in [2.24, 2.45) is 5.41 Å². The third-order valence-electron chi connectivity index (χ3n) is 2.64. The van der Waals surface area contributed by atoms with Crippen LogP contribution in [0.3, 0.4) is 0 Å². The van der Waals surface area contributed by atoms with Crippen LogP contribution in [-0.4, -0.2) is 25.0 Å². The number of rotatable bonds is 0. The summed E-state index contributed by atoms with van der Waals surface area (Å²) in [5, 5.41) is 0. The predicted molar refractivity (Wildman–Crippen MR) is 61.1 cm³/mol. The van der Waals surface area contributed by atoms with Gasteiger partial charge < -0.3 is 4.90 Å². The van der Waals surface area contributed by atoms with Crippen molar-refractivity contribution in [3.8, 4) is 0 Å². The molecule has 0 radical (unpaired) electrons. The van der Waals surface area contributed by atoms with E-state index in [4.69, 9.17) is 0 Å². The van der Waals surface area contributed by atoms with E-state index in [9.17, 15) is 0 Å². The van der Waals surface area contributed by atoms with Gasteiger partial charge in [-0.25, -0.2) is 0 Å². The molecule has 0 aromatic rings. The highest BCUT2D eigenvalue weighted by Crippen LogP contribution is 2.16. The van der Waals surface area contributed by atoms with Gasteiger partial charge in [-0.15, -0.1) is 0 Å². The first kappa shape index (κ1) is 13.0. The summed E-state index contributed by atoms with van der Waals surface area (Å²) in [6.45, 7) is 11.6. The number of hydrogen-bond donors (Lipinski definition) is 0. The quantitative estimate of drug-likeness (QED) is 0.558. The van der Waals surface area contributed by atoms with Crippen LogP contribution in [0, 0.1) is 5.41 Å². The van der Waals surface area contributed by atoms with E-state index in [2.05, 4.69) is 39.6 Å². The lowest BCUT2D eigenvalue weighted by Gasteiger charge is -2.20. The Bertz CT molecular complexity index is 107. The molecular formula is C12H27N. The van der Waals surface area contributed by atoms with E-state index in [-0.39, 0.29) is 0 Å². The number of hydrogen-bond acceptors (Lipinski definition) is 1. The van der Waals surface area contributed by atoms with Gasteiger partial charge in [-0.05, 0) is 38.4 Å². The Hall–Kier alpha value is -0.0400. The zero-order valence-corrected chi connectivity index (χ0v) is 10.2. The molecule has 1 saturated heterocycles. The molecule has 80 valence electrons. The Kier molecular flexibility index (Phi) is 6.40. The topological polar surface area (TPSA) is 3.24 Å². The average Bonchev–Trinajstić information content (AvgIpc) is 2.06. The second-order valence-electron chi connectivity index (χ2n) is 5.28. The maximum atomic E-state index is 2.39. The molecule has 1 heteroatoms. The molecule has 0 aromatic carbocycles. The molecule has 1 aliphatic rings. The zero-order valence-electron chi connectivity index (χ0n) is 10.2. The lowest BCUT2D eigenvalue weighted by atomic mass is 9.94. The van der Waals surface area contributed by atoms with Crippen LogP contribution < -0.4 is 0 Å². The van der Waals surface area contributed by atoms with Crippen LogP contribution >= 0.6 is 0 Å². The molecule has 13 heavy (non-hydrogen) atoms. The minimum Gasteiger partial charge on any atom is -0.306 e. The van der Waals surface area contributed by atoms with E-state index in [0.29, 0.717) is 5.41 Å². The van der Waals surface area contributed by atoms with Gasteiger partial charge in [0, 0.05) is 0 Å². The number of likely N-dealkylation sites (tertiary alicyclic amines) is 1. The highest BCUT2D eigenvalue weighted by Gasteiger charge is 2.03. The predicted octanol–water partition coefficient (Wildman–Crippen LogP) is 3.54. The van der Waals surface area contributed by atoms with E-state index >= 15 is 0 Å². The fourth-order valence-corrected chi connectivity index (χ4v) is 1.05. The SMILES string of the molecule is CCC(C)(C)C.CN1CCCCC1. The third-order valence-corrected chi connectivity index (χ3v) is 2.64. The van der Waals surface area contributed by atoms with Gasteiger partial charge in [0.05, 0.1) is 0 Å². The standard InChI is InChI=1S/C6H13N.C6H14/c1-7-5-3-2-4-6-7;1-5-6(2,3)4/h2-6H2,1H3;5H2,1-4H3. The lowest BCUT2D eigenvalue weighted by molar-refractivity contribution is 0.277. The minimum atomic E-state index is 0.542. The molecule has 1 nitrogen and oxygen atoms in total. The molecule has 1 heterocycles. The summed E-state index contributed by atoms with van der Waals surface area (Å²) < 4.78 is 0. The summed E-state index contributed by atoms with van der Waals surface area (Å²) in [6, 6.07) is 0. The lowest BCUT2D eigenvalue weighted by Crippen LogP contribution is -2.24. The molecule has 0 unspecified atom stereocenters. The van der Waals surface area contributed by atoms with Crippen molar-refractivity contribution < 1.29 is 0 Å². The van der Waals surface area contributed by atoms with Gasteiger partial charge >= 0.3 is 0 Å². The molecule has 0 spiro atoms. The van der Waals surface area contributed by atoms with Gasteiger partial charge in [0.25, 0.3) is 0 Å². The van der Waals surface area contributed by atoms with Gasteiger partial charge in [0.1, 0.15) is 0 Å². The maximum Gasteiger partial charge on any atom is -0.00218 e. The first-order valence-electron chi connectivity index (χ1n) is 5.64. The largest absolute Gasteiger partial charge is 0.306 e. The molecule has 0 aromatic heterocycles. The van der Waals surface area contributed by atoms with Crippen LogP contribution in [0.25, 0.3) is 0 Å². The third kappa shape index (κ3) is 9.88. The Labute approximate surface area is 84.5 Å². The van der Waals surface area contributed by atoms with Crippen molar-refractivity contribution in [2.45, 2.75) is 53.4 Å². The molecule has 1 rings (SSSR count). The van der Waals surface area contributed by atoms with E-state index in [1.165, 1.54) is 38.8 Å². The van der Waals surface area contributed by atoms with Crippen molar-refractivity contribution in [3.63, 3.8) is 0 Å². The van der Waals surface area contributed by atoms with Crippen LogP contribution in [-0.2, 0) is 0 Å². The van der Waals surface area contributed by atoms with Gasteiger partial charge in [-0.3, -0.25) is 0 Å². The van der Waals surface area contributed by atoms with Gasteiger partial charge in [0.15, 0.2) is 0 Å². The smallest absolute Gasteiger partial charge is 0.00218 e. The first-order chi connectivity index (χ1) is 5.95. The Morgan fingerprint density at radius 2 is 1.38 bits per heavy atom. The Morgan fingerprint density at radius 3 is 1.54 bits per heavy atom. The van der Waals surface area contributed by atoms with Gasteiger partial charge in [-0.2, -0.15) is 0 Å². The van der Waals surface area contributed by atoms with Crippen molar-refractivity contribution in [2.75, 3.05) is 20.1 Å². The van der Waals surface area contributed by atoms with Crippen molar-refractivity contribution in [1.82, 2.24) is 4.90 Å². The molecule has 0 atom stereocenters. The molecule has 1 aliphatic heterocycles. The minimum absolute atomic E-state index is 0.542. The van der Waals surface area contributed by atoms with Crippen molar-refractivity contribution >= 4 is 0 Å². The molecule has 1 fully saturated rings. The number of piperidine rings is 1. The van der Waals surface area contributed by atoms with E-state index in [0.717, 1.165) is 0 Å². The fourth-order valence-electron chi connectivity index (χ4n) is 1.05. The molecule has 0 saturated carbocycles. The Balaban J connectivity index is 0.000000226. The molecule has 0 N–H and O–H groups in total. The maximum absolute atomic E-state index is 2.39. The zero-order chi connectivity index (χ0) is 10.3. The summed E-state index contributed by atoms with van der Waals surface area (Å²) in [6.07, 6.45) is 5.55. The summed E-state index contributed by atoms with van der Waals surface area (Å²) in [5.74, 6) is 0. The van der Waals surface area contributed by atoms with Crippen LogP contribution in [0.5, 0.6) is 0 Å². The van der Waals surface area contributed by atoms with Crippen molar-refractivity contribution in [1.29, 1.82) is 0 Å². The van der Waals surface area contributed by atoms with Gasteiger partial charge in [0.2, 0.25) is 0 Å². The number of nitrogens with zero attached hydrogens (tertiary/aromatic N) is 1. The molecular weight excluding hydrogens is 158 g/mol. The average molecular weight is 185 g/mol. The van der Waals surface area contributed by atoms with Crippen molar-refractivity contribution in [3.05, 3.63) is 0 Å². The Morgan fingerprint density at radius 1 is 1.00 bits per heavy atom. The van der Waals surface area contributed by atoms with Crippen LogP contribution in [0.4, 0.5) is 0 Å². The van der Waals surface area contributed by atoms with Crippen LogP contribution in [0.1, 0.15) is 53.4 Å². The highest BCUT2D eigenvalue weighted by molar-refractivity contribution is 4.58. The van der Waals surface area contributed by atoms with E-state index in [1.54, 1.807) is 0 Å². The first-order valence-corrected chi connectivity index (χ1v) is 5.64. The van der Waals surface area contributed by atoms with Gasteiger partial charge in [-0.1, -0.05) is 40.5 Å². The second kappa shape index (κ2) is 6.42. The summed E-state index contributed by atoms with van der Waals surface area (Å²) in [5.41, 5.74) is 0.542. The summed E-state index contributed by atoms with van der Waals surface area (Å²) in [7, 11) is 2.19. The summed E-state index contributed by atoms with van der Waals surface area (Å²) >= 11 is 0. The summed E-state index contributed by atoms with van der Waals surface area (Å²) in [4.78, 5) is 2.39. The molecule has 0 amide bonds. The van der Waals surface area contributed by atoms with E-state index < -0.39 is 0 Å². The molecule has 0 aliphatic carbocycles. The normalized spacial score (nSPS) is 19.2.